The Balaban J connectivity index is 1.75. The van der Waals surface area contributed by atoms with E-state index in [1.165, 1.54) is 7.11 Å². The number of benzene rings is 2. The lowest BCUT2D eigenvalue weighted by atomic mass is 9.67. The van der Waals surface area contributed by atoms with Crippen molar-refractivity contribution < 1.29 is 24.2 Å². The van der Waals surface area contributed by atoms with Crippen LogP contribution in [0.1, 0.15) is 50.7 Å². The first-order valence-electron chi connectivity index (χ1n) is 11.1. The number of esters is 1. The van der Waals surface area contributed by atoms with Gasteiger partial charge in [0.25, 0.3) is 0 Å². The summed E-state index contributed by atoms with van der Waals surface area (Å²) >= 11 is 0. The molecule has 2 atom stereocenters. The number of hydrogen-bond donors (Lipinski definition) is 1. The standard InChI is InChI=1S/C27H29NO5/c1-16-23(26(31)33-15-17-8-6-5-7-9-17)24(18-10-11-22(32-4)20(29)12-18)25-19(28-16)13-27(2,3)14-21(25)30/h5-12,23-24,29H,13-15H2,1-4H3. The van der Waals surface area contributed by atoms with E-state index in [4.69, 9.17) is 14.5 Å². The van der Waals surface area contributed by atoms with Crippen LogP contribution in [0, 0.1) is 11.3 Å². The number of phenols is 1. The number of aromatic hydroxyl groups is 1. The van der Waals surface area contributed by atoms with Gasteiger partial charge in [0.15, 0.2) is 17.3 Å². The number of aliphatic imine (C=N–C) groups is 1. The fraction of sp³-hybridized carbons (Fsp3) is 0.370. The van der Waals surface area contributed by atoms with Crippen molar-refractivity contribution in [1.29, 1.82) is 0 Å². The van der Waals surface area contributed by atoms with E-state index in [9.17, 15) is 14.7 Å². The van der Waals surface area contributed by atoms with Crippen LogP contribution in [0.25, 0.3) is 0 Å². The lowest BCUT2D eigenvalue weighted by Gasteiger charge is -2.39. The molecule has 172 valence electrons. The quantitative estimate of drug-likeness (QED) is 0.655. The maximum absolute atomic E-state index is 13.4. The Bertz CT molecular complexity index is 1150. The molecule has 33 heavy (non-hydrogen) atoms. The van der Waals surface area contributed by atoms with Gasteiger partial charge >= 0.3 is 5.97 Å². The highest BCUT2D eigenvalue weighted by atomic mass is 16.5. The minimum absolute atomic E-state index is 0.0151. The largest absolute Gasteiger partial charge is 0.504 e. The van der Waals surface area contributed by atoms with Crippen LogP contribution < -0.4 is 4.74 Å². The molecule has 1 aliphatic carbocycles. The van der Waals surface area contributed by atoms with Gasteiger partial charge in [0.1, 0.15) is 12.5 Å². The molecule has 4 rings (SSSR count). The zero-order chi connectivity index (χ0) is 23.8. The zero-order valence-electron chi connectivity index (χ0n) is 19.4. The average molecular weight is 448 g/mol. The van der Waals surface area contributed by atoms with Gasteiger partial charge in [0.05, 0.1) is 7.11 Å². The van der Waals surface area contributed by atoms with Crippen LogP contribution in [0.15, 0.2) is 64.8 Å². The number of ketones is 1. The maximum Gasteiger partial charge on any atom is 0.315 e. The first kappa shape index (κ1) is 22.8. The first-order chi connectivity index (χ1) is 15.7. The van der Waals surface area contributed by atoms with Crippen LogP contribution in [0.2, 0.25) is 0 Å². The Kier molecular flexibility index (Phi) is 6.11. The highest BCUT2D eigenvalue weighted by Crippen LogP contribution is 2.48. The molecule has 0 saturated carbocycles. The predicted molar refractivity (Wildman–Crippen MR) is 125 cm³/mol. The zero-order valence-corrected chi connectivity index (χ0v) is 19.4. The smallest absolute Gasteiger partial charge is 0.315 e. The maximum atomic E-state index is 13.4. The van der Waals surface area contributed by atoms with Crippen LogP contribution in [-0.2, 0) is 20.9 Å². The molecule has 0 saturated heterocycles. The molecule has 0 amide bonds. The lowest BCUT2D eigenvalue weighted by Crippen LogP contribution is -2.39. The number of phenolic OH excluding ortho intramolecular Hbond substituents is 1. The molecule has 0 bridgehead atoms. The first-order valence-corrected chi connectivity index (χ1v) is 11.1. The fourth-order valence-corrected chi connectivity index (χ4v) is 4.83. The molecule has 1 aliphatic heterocycles. The summed E-state index contributed by atoms with van der Waals surface area (Å²) in [5, 5.41) is 10.4. The van der Waals surface area contributed by atoms with Crippen LogP contribution in [0.3, 0.4) is 0 Å². The fourth-order valence-electron chi connectivity index (χ4n) is 4.83. The van der Waals surface area contributed by atoms with Gasteiger partial charge in [0.2, 0.25) is 0 Å². The Morgan fingerprint density at radius 2 is 1.88 bits per heavy atom. The van der Waals surface area contributed by atoms with Gasteiger partial charge in [-0.1, -0.05) is 50.2 Å². The van der Waals surface area contributed by atoms with Gasteiger partial charge in [-0.3, -0.25) is 14.6 Å². The van der Waals surface area contributed by atoms with Crippen LogP contribution in [0.4, 0.5) is 0 Å². The summed E-state index contributed by atoms with van der Waals surface area (Å²) in [7, 11) is 1.48. The lowest BCUT2D eigenvalue weighted by molar-refractivity contribution is -0.148. The van der Waals surface area contributed by atoms with E-state index in [0.29, 0.717) is 35.4 Å². The number of carbonyl (C=O) groups excluding carboxylic acids is 2. The molecule has 2 aromatic carbocycles. The molecule has 1 N–H and O–H groups in total. The minimum Gasteiger partial charge on any atom is -0.504 e. The summed E-state index contributed by atoms with van der Waals surface area (Å²) in [4.78, 5) is 31.4. The van der Waals surface area contributed by atoms with Crippen molar-refractivity contribution in [3.05, 3.63) is 70.9 Å². The van der Waals surface area contributed by atoms with Gasteiger partial charge in [-0.05, 0) is 42.0 Å². The summed E-state index contributed by atoms with van der Waals surface area (Å²) in [6.07, 6.45) is 1.03. The number of nitrogens with zero attached hydrogens (tertiary/aromatic N) is 1. The van der Waals surface area contributed by atoms with E-state index in [1.807, 2.05) is 44.2 Å². The Morgan fingerprint density at radius 3 is 2.55 bits per heavy atom. The predicted octanol–water partition coefficient (Wildman–Crippen LogP) is 4.96. The number of allylic oxidation sites excluding steroid dienone is 2. The highest BCUT2D eigenvalue weighted by Gasteiger charge is 2.46. The second kappa shape index (κ2) is 8.85. The molecule has 0 spiro atoms. The second-order valence-corrected chi connectivity index (χ2v) is 9.53. The van der Waals surface area contributed by atoms with E-state index in [0.717, 1.165) is 11.3 Å². The van der Waals surface area contributed by atoms with Gasteiger partial charge < -0.3 is 14.6 Å². The molecule has 0 fully saturated rings. The van der Waals surface area contributed by atoms with Crippen molar-refractivity contribution in [2.75, 3.05) is 7.11 Å². The van der Waals surface area contributed by atoms with Crippen molar-refractivity contribution in [2.45, 2.75) is 46.1 Å². The van der Waals surface area contributed by atoms with Crippen molar-refractivity contribution >= 4 is 17.5 Å². The van der Waals surface area contributed by atoms with Crippen molar-refractivity contribution in [3.8, 4) is 11.5 Å². The summed E-state index contributed by atoms with van der Waals surface area (Å²) in [5.41, 5.74) is 3.22. The number of methoxy groups -OCH3 is 1. The average Bonchev–Trinajstić information content (AvgIpc) is 2.76. The Labute approximate surface area is 194 Å². The molecule has 0 aromatic heterocycles. The molecule has 6 nitrogen and oxygen atoms in total. The normalized spacial score (nSPS) is 21.8. The second-order valence-electron chi connectivity index (χ2n) is 9.53. The third kappa shape index (κ3) is 4.56. The van der Waals surface area contributed by atoms with Crippen LogP contribution >= 0.6 is 0 Å². The van der Waals surface area contributed by atoms with E-state index in [-0.39, 0.29) is 23.6 Å². The van der Waals surface area contributed by atoms with E-state index >= 15 is 0 Å². The summed E-state index contributed by atoms with van der Waals surface area (Å²) in [6, 6.07) is 14.5. The van der Waals surface area contributed by atoms with E-state index < -0.39 is 17.8 Å². The third-order valence-electron chi connectivity index (χ3n) is 6.34. The topological polar surface area (TPSA) is 85.2 Å². The van der Waals surface area contributed by atoms with Gasteiger partial charge in [0, 0.05) is 29.3 Å². The Hall–Kier alpha value is -3.41. The minimum atomic E-state index is -0.759. The SMILES string of the molecule is COc1ccc(C2C3=C(CC(C)(C)CC3=O)N=C(C)C2C(=O)OCc2ccccc2)cc1O. The van der Waals surface area contributed by atoms with E-state index in [1.54, 1.807) is 25.1 Å². The number of Topliss-reactive ketones (excluding diaryl/α,β-unsaturated/α-hetero) is 1. The van der Waals surface area contributed by atoms with Crippen molar-refractivity contribution in [3.63, 3.8) is 0 Å². The summed E-state index contributed by atoms with van der Waals surface area (Å²) < 4.78 is 10.9. The molecule has 2 unspecified atom stereocenters. The molecule has 2 aliphatic rings. The molecular weight excluding hydrogens is 418 g/mol. The number of hydrogen-bond acceptors (Lipinski definition) is 6. The van der Waals surface area contributed by atoms with Crippen LogP contribution in [-0.4, -0.2) is 29.7 Å². The van der Waals surface area contributed by atoms with Crippen molar-refractivity contribution in [2.24, 2.45) is 16.3 Å². The summed E-state index contributed by atoms with van der Waals surface area (Å²) in [5.74, 6) is -1.51. The van der Waals surface area contributed by atoms with E-state index in [2.05, 4.69) is 0 Å². The number of carbonyl (C=O) groups is 2. The van der Waals surface area contributed by atoms with Gasteiger partial charge in [-0.15, -0.1) is 0 Å². The molecule has 1 heterocycles. The highest BCUT2D eigenvalue weighted by molar-refractivity contribution is 6.09. The summed E-state index contributed by atoms with van der Waals surface area (Å²) in [6.45, 7) is 6.04. The Morgan fingerprint density at radius 1 is 1.15 bits per heavy atom. The number of ether oxygens (including phenoxy) is 2. The van der Waals surface area contributed by atoms with Crippen LogP contribution in [0.5, 0.6) is 11.5 Å². The van der Waals surface area contributed by atoms with Gasteiger partial charge in [-0.25, -0.2) is 0 Å². The molecule has 0 radical (unpaired) electrons. The number of rotatable bonds is 5. The molecule has 6 heteroatoms. The van der Waals surface area contributed by atoms with Crippen molar-refractivity contribution in [1.82, 2.24) is 0 Å². The molecule has 2 aromatic rings. The van der Waals surface area contributed by atoms with Gasteiger partial charge in [-0.2, -0.15) is 0 Å². The monoisotopic (exact) mass is 447 g/mol. The third-order valence-corrected chi connectivity index (χ3v) is 6.34. The molecular formula is C27H29NO5.